The van der Waals surface area contributed by atoms with E-state index in [-0.39, 0.29) is 11.0 Å². The predicted molar refractivity (Wildman–Crippen MR) is 56.6 cm³/mol. The maximum atomic E-state index is 10.6. The molecule has 0 saturated carbocycles. The molecule has 0 aliphatic heterocycles. The zero-order valence-electron chi connectivity index (χ0n) is 7.61. The summed E-state index contributed by atoms with van der Waals surface area (Å²) in [5.41, 5.74) is 0.845. The Morgan fingerprint density at radius 2 is 2.12 bits per heavy atom. The minimum Gasteiger partial charge on any atom is -0.475 e. The van der Waals surface area contributed by atoms with E-state index in [0.29, 0.717) is 16.3 Å². The van der Waals surface area contributed by atoms with Crippen molar-refractivity contribution < 1.29 is 9.90 Å². The van der Waals surface area contributed by atoms with Gasteiger partial charge in [0.1, 0.15) is 5.15 Å². The standard InChI is InChI=1S/C8H4Cl2N4O2/c9-4-2-12-14-5(4)3-1-11-7(8(15)16)13-6(3)10/h1-2H,(H,12,14)(H,15,16). The van der Waals surface area contributed by atoms with Crippen molar-refractivity contribution in [3.8, 4) is 11.3 Å². The highest BCUT2D eigenvalue weighted by atomic mass is 35.5. The van der Waals surface area contributed by atoms with Gasteiger partial charge >= 0.3 is 5.97 Å². The summed E-state index contributed by atoms with van der Waals surface area (Å²) in [7, 11) is 0. The summed E-state index contributed by atoms with van der Waals surface area (Å²) in [6.45, 7) is 0. The van der Waals surface area contributed by atoms with Gasteiger partial charge in [0.2, 0.25) is 5.82 Å². The van der Waals surface area contributed by atoms with Crippen LogP contribution in [-0.2, 0) is 0 Å². The van der Waals surface area contributed by atoms with Crippen LogP contribution in [0.4, 0.5) is 0 Å². The number of carboxylic acids is 1. The lowest BCUT2D eigenvalue weighted by Gasteiger charge is -2.01. The molecule has 8 heteroatoms. The highest BCUT2D eigenvalue weighted by molar-refractivity contribution is 6.35. The Bertz CT molecular complexity index is 555. The fraction of sp³-hybridized carbons (Fsp3) is 0. The number of halogens is 2. The second-order valence-corrected chi connectivity index (χ2v) is 3.56. The van der Waals surface area contributed by atoms with Gasteiger partial charge in [0, 0.05) is 6.20 Å². The van der Waals surface area contributed by atoms with Crippen LogP contribution in [0.25, 0.3) is 11.3 Å². The number of aromatic nitrogens is 4. The Hall–Kier alpha value is -1.66. The highest BCUT2D eigenvalue weighted by Crippen LogP contribution is 2.29. The zero-order valence-corrected chi connectivity index (χ0v) is 9.12. The van der Waals surface area contributed by atoms with Gasteiger partial charge in [-0.15, -0.1) is 0 Å². The van der Waals surface area contributed by atoms with Crippen molar-refractivity contribution in [1.29, 1.82) is 0 Å². The molecular weight excluding hydrogens is 255 g/mol. The van der Waals surface area contributed by atoms with Crippen molar-refractivity contribution in [1.82, 2.24) is 20.2 Å². The summed E-state index contributed by atoms with van der Waals surface area (Å²) in [6, 6.07) is 0. The lowest BCUT2D eigenvalue weighted by atomic mass is 10.2. The molecule has 0 bridgehead atoms. The predicted octanol–water partition coefficient (Wildman–Crippen LogP) is 1.87. The van der Waals surface area contributed by atoms with Crippen LogP contribution in [0.1, 0.15) is 10.6 Å². The highest BCUT2D eigenvalue weighted by Gasteiger charge is 2.14. The molecule has 2 aromatic rings. The van der Waals surface area contributed by atoms with E-state index >= 15 is 0 Å². The molecule has 16 heavy (non-hydrogen) atoms. The monoisotopic (exact) mass is 258 g/mol. The van der Waals surface area contributed by atoms with Crippen LogP contribution in [-0.4, -0.2) is 31.2 Å². The Balaban J connectivity index is 2.52. The molecule has 0 spiro atoms. The summed E-state index contributed by atoms with van der Waals surface area (Å²) in [4.78, 5) is 17.8. The minimum atomic E-state index is -1.25. The molecule has 82 valence electrons. The number of hydrogen-bond acceptors (Lipinski definition) is 4. The third kappa shape index (κ3) is 1.84. The minimum absolute atomic E-state index is 0.00134. The molecule has 6 nitrogen and oxygen atoms in total. The van der Waals surface area contributed by atoms with Crippen molar-refractivity contribution in [2.45, 2.75) is 0 Å². The molecule has 0 aromatic carbocycles. The van der Waals surface area contributed by atoms with Gasteiger partial charge in [-0.3, -0.25) is 5.10 Å². The topological polar surface area (TPSA) is 91.8 Å². The number of aromatic amines is 1. The summed E-state index contributed by atoms with van der Waals surface area (Å²) < 4.78 is 0. The van der Waals surface area contributed by atoms with Gasteiger partial charge in [-0.25, -0.2) is 14.8 Å². The SMILES string of the molecule is O=C(O)c1ncc(-c2[nH]ncc2Cl)c(Cl)n1. The van der Waals surface area contributed by atoms with E-state index in [1.165, 1.54) is 12.4 Å². The molecule has 0 radical (unpaired) electrons. The van der Waals surface area contributed by atoms with E-state index in [4.69, 9.17) is 28.3 Å². The van der Waals surface area contributed by atoms with E-state index in [9.17, 15) is 4.79 Å². The van der Waals surface area contributed by atoms with Crippen LogP contribution in [0.2, 0.25) is 10.2 Å². The Morgan fingerprint density at radius 1 is 1.38 bits per heavy atom. The molecule has 0 saturated heterocycles. The Kier molecular flexibility index (Phi) is 2.76. The van der Waals surface area contributed by atoms with Crippen LogP contribution < -0.4 is 0 Å². The normalized spacial score (nSPS) is 10.4. The van der Waals surface area contributed by atoms with E-state index in [0.717, 1.165) is 0 Å². The number of H-pyrrole nitrogens is 1. The number of carboxylic acid groups (broad SMARTS) is 1. The maximum absolute atomic E-state index is 10.6. The summed E-state index contributed by atoms with van der Waals surface area (Å²) in [5, 5.41) is 15.3. The van der Waals surface area contributed by atoms with E-state index in [1.54, 1.807) is 0 Å². The average Bonchev–Trinajstić information content (AvgIpc) is 2.64. The second kappa shape index (κ2) is 4.07. The zero-order chi connectivity index (χ0) is 11.7. The first-order chi connectivity index (χ1) is 7.59. The van der Waals surface area contributed by atoms with Crippen LogP contribution in [0, 0.1) is 0 Å². The lowest BCUT2D eigenvalue weighted by molar-refractivity contribution is 0.0683. The van der Waals surface area contributed by atoms with Gasteiger partial charge in [-0.05, 0) is 0 Å². The fourth-order valence-electron chi connectivity index (χ4n) is 1.09. The lowest BCUT2D eigenvalue weighted by Crippen LogP contribution is -2.04. The third-order valence-electron chi connectivity index (χ3n) is 1.80. The van der Waals surface area contributed by atoms with E-state index < -0.39 is 5.97 Å². The number of nitrogens with one attached hydrogen (secondary N) is 1. The first-order valence-corrected chi connectivity index (χ1v) is 4.80. The number of carbonyl (C=O) groups is 1. The van der Waals surface area contributed by atoms with Crippen molar-refractivity contribution in [3.05, 3.63) is 28.4 Å². The average molecular weight is 259 g/mol. The van der Waals surface area contributed by atoms with Crippen molar-refractivity contribution in [2.75, 3.05) is 0 Å². The Morgan fingerprint density at radius 3 is 2.62 bits per heavy atom. The number of rotatable bonds is 2. The summed E-state index contributed by atoms with van der Waals surface area (Å²) in [6.07, 6.45) is 2.68. The summed E-state index contributed by atoms with van der Waals surface area (Å²) >= 11 is 11.6. The van der Waals surface area contributed by atoms with Gasteiger partial charge in [-0.2, -0.15) is 5.10 Å². The summed E-state index contributed by atoms with van der Waals surface area (Å²) in [5.74, 6) is -1.62. The van der Waals surface area contributed by atoms with Gasteiger partial charge in [0.25, 0.3) is 0 Å². The molecule has 0 aliphatic rings. The van der Waals surface area contributed by atoms with Crippen molar-refractivity contribution in [3.63, 3.8) is 0 Å². The van der Waals surface area contributed by atoms with Gasteiger partial charge in [-0.1, -0.05) is 23.2 Å². The van der Waals surface area contributed by atoms with Crippen molar-refractivity contribution in [2.24, 2.45) is 0 Å². The number of hydrogen-bond donors (Lipinski definition) is 2. The third-order valence-corrected chi connectivity index (χ3v) is 2.37. The molecule has 0 aliphatic carbocycles. The van der Waals surface area contributed by atoms with Crippen molar-refractivity contribution >= 4 is 29.2 Å². The molecule has 2 heterocycles. The van der Waals surface area contributed by atoms with Gasteiger partial charge in [0.05, 0.1) is 22.5 Å². The molecule has 2 rings (SSSR count). The smallest absolute Gasteiger partial charge is 0.373 e. The van der Waals surface area contributed by atoms with Gasteiger partial charge < -0.3 is 5.11 Å². The molecule has 0 atom stereocenters. The molecule has 0 unspecified atom stereocenters. The van der Waals surface area contributed by atoms with Crippen LogP contribution >= 0.6 is 23.2 Å². The second-order valence-electron chi connectivity index (χ2n) is 2.80. The van der Waals surface area contributed by atoms with E-state index in [2.05, 4.69) is 20.2 Å². The molecule has 2 aromatic heterocycles. The van der Waals surface area contributed by atoms with Crippen LogP contribution in [0.15, 0.2) is 12.4 Å². The van der Waals surface area contributed by atoms with Crippen LogP contribution in [0.3, 0.4) is 0 Å². The van der Waals surface area contributed by atoms with E-state index in [1.807, 2.05) is 0 Å². The number of aromatic carboxylic acids is 1. The molecule has 0 amide bonds. The number of nitrogens with zero attached hydrogens (tertiary/aromatic N) is 3. The first-order valence-electron chi connectivity index (χ1n) is 4.04. The quantitative estimate of drug-likeness (QED) is 0.803. The fourth-order valence-corrected chi connectivity index (χ4v) is 1.51. The molecule has 2 N–H and O–H groups in total. The van der Waals surface area contributed by atoms with Crippen LogP contribution in [0.5, 0.6) is 0 Å². The van der Waals surface area contributed by atoms with Gasteiger partial charge in [0.15, 0.2) is 0 Å². The Labute approximate surface area is 99.3 Å². The molecule has 0 fully saturated rings. The maximum Gasteiger partial charge on any atom is 0.373 e. The molecular formula is C8H4Cl2N4O2. The largest absolute Gasteiger partial charge is 0.475 e. The first kappa shape index (κ1) is 10.8.